The molecule has 2 aromatic heterocycles. The van der Waals surface area contributed by atoms with Crippen molar-refractivity contribution in [1.82, 2.24) is 19.4 Å². The van der Waals surface area contributed by atoms with Gasteiger partial charge in [-0.25, -0.2) is 4.68 Å². The van der Waals surface area contributed by atoms with Crippen molar-refractivity contribution in [3.8, 4) is 5.69 Å². The van der Waals surface area contributed by atoms with Gasteiger partial charge in [-0.3, -0.25) is 10.1 Å². The second kappa shape index (κ2) is 5.37. The topological polar surface area (TPSA) is 91.1 Å². The van der Waals surface area contributed by atoms with E-state index in [1.54, 1.807) is 18.3 Å². The molecule has 3 aromatic rings. The van der Waals surface area contributed by atoms with Crippen molar-refractivity contribution < 1.29 is 4.92 Å². The highest BCUT2D eigenvalue weighted by Gasteiger charge is 2.06. The molecule has 0 unspecified atom stereocenters. The number of non-ortho nitro benzene ring substituents is 1. The van der Waals surface area contributed by atoms with E-state index in [9.17, 15) is 10.1 Å². The number of aromatic nitrogens is 4. The molecule has 0 aliphatic carbocycles. The standard InChI is InChI=1S/C13H10N6O2/c20-19(21)12-5-3-11(4-6-12)18-7-1-2-13(18)8-16-17-9-14-15-10-17/h1-10H/b16-8+. The number of benzene rings is 1. The van der Waals surface area contributed by atoms with Gasteiger partial charge in [-0.1, -0.05) is 0 Å². The molecule has 0 atom stereocenters. The third kappa shape index (κ3) is 2.68. The number of rotatable bonds is 4. The number of hydrogen-bond donors (Lipinski definition) is 0. The van der Waals surface area contributed by atoms with Crippen molar-refractivity contribution >= 4 is 11.9 Å². The highest BCUT2D eigenvalue weighted by molar-refractivity contribution is 5.78. The average Bonchev–Trinajstić information content (AvgIpc) is 3.16. The minimum absolute atomic E-state index is 0.0608. The molecule has 0 radical (unpaired) electrons. The molecule has 2 heterocycles. The molecule has 0 saturated heterocycles. The van der Waals surface area contributed by atoms with Gasteiger partial charge in [-0.2, -0.15) is 5.10 Å². The van der Waals surface area contributed by atoms with E-state index in [1.165, 1.54) is 29.5 Å². The van der Waals surface area contributed by atoms with Crippen LogP contribution < -0.4 is 0 Å². The van der Waals surface area contributed by atoms with E-state index in [0.717, 1.165) is 11.4 Å². The molecule has 8 nitrogen and oxygen atoms in total. The van der Waals surface area contributed by atoms with Gasteiger partial charge in [-0.15, -0.1) is 10.2 Å². The molecule has 0 fully saturated rings. The molecule has 0 amide bonds. The van der Waals surface area contributed by atoms with E-state index in [0.29, 0.717) is 0 Å². The Hall–Kier alpha value is -3.29. The number of hydrogen-bond acceptors (Lipinski definition) is 5. The highest BCUT2D eigenvalue weighted by Crippen LogP contribution is 2.16. The maximum absolute atomic E-state index is 10.7. The maximum atomic E-state index is 10.7. The molecule has 0 saturated carbocycles. The van der Waals surface area contributed by atoms with Gasteiger partial charge in [0.25, 0.3) is 5.69 Å². The summed E-state index contributed by atoms with van der Waals surface area (Å²) in [4.78, 5) is 10.2. The van der Waals surface area contributed by atoms with Crippen LogP contribution in [0.25, 0.3) is 5.69 Å². The van der Waals surface area contributed by atoms with Gasteiger partial charge in [-0.05, 0) is 24.3 Å². The van der Waals surface area contributed by atoms with Crippen LogP contribution in [0.5, 0.6) is 0 Å². The predicted octanol–water partition coefficient (Wildman–Crippen LogP) is 1.86. The summed E-state index contributed by atoms with van der Waals surface area (Å²) in [6, 6.07) is 10.1. The zero-order valence-electron chi connectivity index (χ0n) is 10.8. The molecule has 104 valence electrons. The first-order valence-electron chi connectivity index (χ1n) is 6.05. The first-order chi connectivity index (χ1) is 10.2. The molecular formula is C13H10N6O2. The third-order valence-corrected chi connectivity index (χ3v) is 2.85. The Balaban J connectivity index is 1.89. The van der Waals surface area contributed by atoms with E-state index >= 15 is 0 Å². The molecule has 1 aromatic carbocycles. The lowest BCUT2D eigenvalue weighted by molar-refractivity contribution is -0.384. The second-order valence-corrected chi connectivity index (χ2v) is 4.16. The van der Waals surface area contributed by atoms with Crippen LogP contribution in [0.3, 0.4) is 0 Å². The van der Waals surface area contributed by atoms with Gasteiger partial charge in [0.2, 0.25) is 0 Å². The van der Waals surface area contributed by atoms with Crippen molar-refractivity contribution in [2.24, 2.45) is 5.10 Å². The van der Waals surface area contributed by atoms with Gasteiger partial charge in [0, 0.05) is 24.0 Å². The van der Waals surface area contributed by atoms with Gasteiger partial charge in [0.05, 0.1) is 16.8 Å². The van der Waals surface area contributed by atoms with E-state index < -0.39 is 4.92 Å². The quantitative estimate of drug-likeness (QED) is 0.415. The Kier molecular flexibility index (Phi) is 3.26. The van der Waals surface area contributed by atoms with Crippen LogP contribution in [0.15, 0.2) is 60.4 Å². The minimum Gasteiger partial charge on any atom is -0.316 e. The number of nitro benzene ring substituents is 1. The Morgan fingerprint density at radius 2 is 1.86 bits per heavy atom. The van der Waals surface area contributed by atoms with E-state index in [2.05, 4.69) is 15.3 Å². The van der Waals surface area contributed by atoms with Crippen LogP contribution in [0.1, 0.15) is 5.69 Å². The van der Waals surface area contributed by atoms with Crippen LogP contribution in [0, 0.1) is 10.1 Å². The summed E-state index contributed by atoms with van der Waals surface area (Å²) in [5, 5.41) is 22.2. The fourth-order valence-corrected chi connectivity index (χ4v) is 1.85. The zero-order valence-corrected chi connectivity index (χ0v) is 10.8. The molecular weight excluding hydrogens is 272 g/mol. The van der Waals surface area contributed by atoms with Crippen LogP contribution in [0.4, 0.5) is 5.69 Å². The van der Waals surface area contributed by atoms with Crippen molar-refractivity contribution in [2.75, 3.05) is 0 Å². The Morgan fingerprint density at radius 1 is 1.14 bits per heavy atom. The molecule has 0 spiro atoms. The first-order valence-corrected chi connectivity index (χ1v) is 6.05. The molecule has 0 aliphatic rings. The molecule has 8 heteroatoms. The lowest BCUT2D eigenvalue weighted by atomic mass is 10.3. The lowest BCUT2D eigenvalue weighted by Crippen LogP contribution is -1.99. The average molecular weight is 282 g/mol. The van der Waals surface area contributed by atoms with Crippen LogP contribution in [-0.4, -0.2) is 30.6 Å². The molecule has 21 heavy (non-hydrogen) atoms. The Bertz CT molecular complexity index is 773. The van der Waals surface area contributed by atoms with Crippen molar-refractivity contribution in [2.45, 2.75) is 0 Å². The van der Waals surface area contributed by atoms with Gasteiger partial charge >= 0.3 is 0 Å². The van der Waals surface area contributed by atoms with Crippen LogP contribution in [0.2, 0.25) is 0 Å². The number of nitro groups is 1. The summed E-state index contributed by atoms with van der Waals surface area (Å²) in [5.74, 6) is 0. The zero-order chi connectivity index (χ0) is 14.7. The minimum atomic E-state index is -0.423. The normalized spacial score (nSPS) is 11.0. The fourth-order valence-electron chi connectivity index (χ4n) is 1.85. The summed E-state index contributed by atoms with van der Waals surface area (Å²) in [7, 11) is 0. The molecule has 0 N–H and O–H groups in total. The van der Waals surface area contributed by atoms with Crippen LogP contribution in [-0.2, 0) is 0 Å². The number of nitrogens with zero attached hydrogens (tertiary/aromatic N) is 6. The third-order valence-electron chi connectivity index (χ3n) is 2.85. The van der Waals surface area contributed by atoms with E-state index in [1.807, 2.05) is 22.9 Å². The summed E-state index contributed by atoms with van der Waals surface area (Å²) >= 11 is 0. The van der Waals surface area contributed by atoms with Crippen molar-refractivity contribution in [3.63, 3.8) is 0 Å². The fraction of sp³-hybridized carbons (Fsp3) is 0. The summed E-state index contributed by atoms with van der Waals surface area (Å²) in [6.45, 7) is 0. The maximum Gasteiger partial charge on any atom is 0.269 e. The molecule has 0 aliphatic heterocycles. The Morgan fingerprint density at radius 3 is 2.52 bits per heavy atom. The first kappa shape index (κ1) is 12.7. The second-order valence-electron chi connectivity index (χ2n) is 4.16. The lowest BCUT2D eigenvalue weighted by Gasteiger charge is -2.05. The van der Waals surface area contributed by atoms with Crippen molar-refractivity contribution in [1.29, 1.82) is 0 Å². The summed E-state index contributed by atoms with van der Waals surface area (Å²) in [6.07, 6.45) is 6.48. The van der Waals surface area contributed by atoms with Crippen molar-refractivity contribution in [3.05, 3.63) is 71.1 Å². The summed E-state index contributed by atoms with van der Waals surface area (Å²) < 4.78 is 3.35. The largest absolute Gasteiger partial charge is 0.316 e. The van der Waals surface area contributed by atoms with Gasteiger partial charge in [0.1, 0.15) is 12.7 Å². The molecule has 3 rings (SSSR count). The van der Waals surface area contributed by atoms with Gasteiger partial charge in [0.15, 0.2) is 0 Å². The monoisotopic (exact) mass is 282 g/mol. The highest BCUT2D eigenvalue weighted by atomic mass is 16.6. The Labute approximate surface area is 119 Å². The van der Waals surface area contributed by atoms with Crippen LogP contribution >= 0.6 is 0 Å². The van der Waals surface area contributed by atoms with Gasteiger partial charge < -0.3 is 4.57 Å². The van der Waals surface area contributed by atoms with E-state index in [4.69, 9.17) is 0 Å². The SMILES string of the molecule is O=[N+]([O-])c1ccc(-n2cccc2/C=N/n2cnnc2)cc1. The molecule has 0 bridgehead atoms. The smallest absolute Gasteiger partial charge is 0.269 e. The van der Waals surface area contributed by atoms with E-state index in [-0.39, 0.29) is 5.69 Å². The predicted molar refractivity (Wildman–Crippen MR) is 75.4 cm³/mol. The summed E-state index contributed by atoms with van der Waals surface area (Å²) in [5.41, 5.74) is 1.71.